The molecule has 5 nitrogen and oxygen atoms in total. The number of ether oxygens (including phenoxy) is 2. The number of hydrogen-bond acceptors (Lipinski definition) is 5. The van der Waals surface area contributed by atoms with Crippen molar-refractivity contribution in [2.24, 2.45) is 0 Å². The van der Waals surface area contributed by atoms with E-state index in [1.807, 2.05) is 5.38 Å². The lowest BCUT2D eigenvalue weighted by molar-refractivity contribution is 0.102. The van der Waals surface area contributed by atoms with Crippen LogP contribution in [0.2, 0.25) is 0 Å². The molecule has 1 N–H and O–H groups in total. The number of aromatic nitrogens is 1. The van der Waals surface area contributed by atoms with Gasteiger partial charge in [0, 0.05) is 16.5 Å². The maximum absolute atomic E-state index is 13.0. The highest BCUT2D eigenvalue weighted by atomic mass is 32.1. The fourth-order valence-electron chi connectivity index (χ4n) is 2.29. The maximum atomic E-state index is 13.0. The quantitative estimate of drug-likeness (QED) is 0.783. The number of fused-ring (bicyclic) bond motifs is 1. The normalized spacial score (nSPS) is 12.2. The third kappa shape index (κ3) is 2.81. The number of benzene rings is 2. The number of carbonyl (C=O) groups is 1. The number of nitrogens with one attached hydrogen (secondary N) is 1. The topological polar surface area (TPSA) is 60.5 Å². The zero-order valence-electron chi connectivity index (χ0n) is 12.3. The molecule has 0 unspecified atom stereocenters. The van der Waals surface area contributed by atoms with E-state index in [9.17, 15) is 9.18 Å². The Morgan fingerprint density at radius 1 is 1.12 bits per heavy atom. The molecule has 120 valence electrons. The van der Waals surface area contributed by atoms with Crippen LogP contribution in [-0.4, -0.2) is 17.7 Å². The van der Waals surface area contributed by atoms with Gasteiger partial charge in [-0.05, 0) is 42.5 Å². The predicted molar refractivity (Wildman–Crippen MR) is 88.0 cm³/mol. The van der Waals surface area contributed by atoms with E-state index in [1.54, 1.807) is 30.3 Å². The molecule has 2 aromatic carbocycles. The van der Waals surface area contributed by atoms with Gasteiger partial charge in [0.25, 0.3) is 5.91 Å². The van der Waals surface area contributed by atoms with Crippen LogP contribution in [0.25, 0.3) is 11.3 Å². The fraction of sp³-hybridized carbons (Fsp3) is 0.0588. The van der Waals surface area contributed by atoms with E-state index in [4.69, 9.17) is 9.47 Å². The molecule has 0 bridgehead atoms. The summed E-state index contributed by atoms with van der Waals surface area (Å²) in [6.45, 7) is 0.161. The Balaban J connectivity index is 1.51. The minimum absolute atomic E-state index is 0.161. The maximum Gasteiger partial charge on any atom is 0.257 e. The predicted octanol–water partition coefficient (Wildman–Crippen LogP) is 3.93. The summed E-state index contributed by atoms with van der Waals surface area (Å²) in [5, 5.41) is 5.03. The summed E-state index contributed by atoms with van der Waals surface area (Å²) in [5.41, 5.74) is 1.93. The summed E-state index contributed by atoms with van der Waals surface area (Å²) in [5.74, 6) is 0.590. The van der Waals surface area contributed by atoms with Gasteiger partial charge >= 0.3 is 0 Å². The van der Waals surface area contributed by atoms with Crippen LogP contribution in [0.3, 0.4) is 0 Å². The number of hydrogen-bond donors (Lipinski definition) is 1. The Morgan fingerprint density at radius 3 is 2.75 bits per heavy atom. The zero-order valence-corrected chi connectivity index (χ0v) is 13.1. The van der Waals surface area contributed by atoms with Crippen LogP contribution in [0.4, 0.5) is 9.52 Å². The molecule has 1 aliphatic rings. The first-order valence-electron chi connectivity index (χ1n) is 7.11. The Bertz CT molecular complexity index is 908. The van der Waals surface area contributed by atoms with Gasteiger partial charge in [-0.15, -0.1) is 11.3 Å². The van der Waals surface area contributed by atoms with Crippen LogP contribution < -0.4 is 14.8 Å². The Labute approximate surface area is 140 Å². The molecule has 0 atom stereocenters. The lowest BCUT2D eigenvalue weighted by atomic mass is 10.2. The Kier molecular flexibility index (Phi) is 3.62. The van der Waals surface area contributed by atoms with Crippen molar-refractivity contribution >= 4 is 22.4 Å². The molecule has 0 saturated carbocycles. The highest BCUT2D eigenvalue weighted by Gasteiger charge is 2.17. The summed E-state index contributed by atoms with van der Waals surface area (Å²) in [6.07, 6.45) is 0. The van der Waals surface area contributed by atoms with Gasteiger partial charge in [-0.2, -0.15) is 0 Å². The molecule has 4 rings (SSSR count). The van der Waals surface area contributed by atoms with Gasteiger partial charge in [0.2, 0.25) is 6.79 Å². The lowest BCUT2D eigenvalue weighted by Gasteiger charge is -2.03. The standard InChI is InChI=1S/C17H11FN2O3S/c18-12-4-1-10(2-5-12)13-8-24-17(19-13)20-16(21)11-3-6-14-15(7-11)23-9-22-14/h1-8H,9H2,(H,19,20,21). The van der Waals surface area contributed by atoms with E-state index in [1.165, 1.54) is 23.5 Å². The fourth-order valence-corrected chi connectivity index (χ4v) is 3.01. The molecule has 7 heteroatoms. The van der Waals surface area contributed by atoms with Crippen LogP contribution in [0.1, 0.15) is 10.4 Å². The number of nitrogens with zero attached hydrogens (tertiary/aromatic N) is 1. The molecule has 0 fully saturated rings. The van der Waals surface area contributed by atoms with Crippen LogP contribution >= 0.6 is 11.3 Å². The van der Waals surface area contributed by atoms with E-state index >= 15 is 0 Å². The molecule has 1 aromatic heterocycles. The minimum atomic E-state index is -0.301. The smallest absolute Gasteiger partial charge is 0.257 e. The molecule has 0 radical (unpaired) electrons. The molecule has 3 aromatic rings. The van der Waals surface area contributed by atoms with Crippen molar-refractivity contribution in [3.8, 4) is 22.8 Å². The summed E-state index contributed by atoms with van der Waals surface area (Å²) in [7, 11) is 0. The van der Waals surface area contributed by atoms with E-state index in [0.29, 0.717) is 27.9 Å². The van der Waals surface area contributed by atoms with Gasteiger partial charge < -0.3 is 9.47 Å². The third-order valence-corrected chi connectivity index (χ3v) is 4.26. The van der Waals surface area contributed by atoms with Crippen LogP contribution in [0.5, 0.6) is 11.5 Å². The third-order valence-electron chi connectivity index (χ3n) is 3.50. The van der Waals surface area contributed by atoms with E-state index in [0.717, 1.165) is 5.56 Å². The monoisotopic (exact) mass is 342 g/mol. The van der Waals surface area contributed by atoms with Gasteiger partial charge in [0.15, 0.2) is 16.6 Å². The Hall–Kier alpha value is -2.93. The first kappa shape index (κ1) is 14.6. The second-order valence-electron chi connectivity index (χ2n) is 5.07. The number of anilines is 1. The number of thiazole rings is 1. The molecule has 2 heterocycles. The van der Waals surface area contributed by atoms with E-state index in [2.05, 4.69) is 10.3 Å². The second-order valence-corrected chi connectivity index (χ2v) is 5.93. The first-order valence-corrected chi connectivity index (χ1v) is 7.99. The van der Waals surface area contributed by atoms with Crippen molar-refractivity contribution in [3.63, 3.8) is 0 Å². The van der Waals surface area contributed by atoms with Crippen LogP contribution in [0.15, 0.2) is 47.8 Å². The number of amides is 1. The van der Waals surface area contributed by atoms with Crippen molar-refractivity contribution in [1.29, 1.82) is 0 Å². The summed E-state index contributed by atoms with van der Waals surface area (Å²) < 4.78 is 23.5. The SMILES string of the molecule is O=C(Nc1nc(-c2ccc(F)cc2)cs1)c1ccc2c(c1)OCO2. The number of rotatable bonds is 3. The average Bonchev–Trinajstić information content (AvgIpc) is 3.24. The van der Waals surface area contributed by atoms with Crippen molar-refractivity contribution in [1.82, 2.24) is 4.98 Å². The molecule has 24 heavy (non-hydrogen) atoms. The first-order chi connectivity index (χ1) is 11.7. The van der Waals surface area contributed by atoms with Crippen molar-refractivity contribution in [2.45, 2.75) is 0 Å². The van der Waals surface area contributed by atoms with Crippen molar-refractivity contribution in [2.75, 3.05) is 12.1 Å². The molecule has 1 aliphatic heterocycles. The zero-order chi connectivity index (χ0) is 16.5. The minimum Gasteiger partial charge on any atom is -0.454 e. The average molecular weight is 342 g/mol. The van der Waals surface area contributed by atoms with Crippen molar-refractivity contribution < 1.29 is 18.7 Å². The highest BCUT2D eigenvalue weighted by Crippen LogP contribution is 2.33. The van der Waals surface area contributed by atoms with Crippen LogP contribution in [0, 0.1) is 5.82 Å². The molecular weight excluding hydrogens is 331 g/mol. The van der Waals surface area contributed by atoms with Gasteiger partial charge in [-0.3, -0.25) is 10.1 Å². The van der Waals surface area contributed by atoms with Gasteiger partial charge in [0.05, 0.1) is 5.69 Å². The second kappa shape index (κ2) is 5.93. The molecular formula is C17H11FN2O3S. The van der Waals surface area contributed by atoms with E-state index in [-0.39, 0.29) is 18.5 Å². The lowest BCUT2D eigenvalue weighted by Crippen LogP contribution is -2.11. The van der Waals surface area contributed by atoms with E-state index < -0.39 is 0 Å². The summed E-state index contributed by atoms with van der Waals surface area (Å²) in [4.78, 5) is 16.7. The molecule has 0 saturated heterocycles. The van der Waals surface area contributed by atoms with Gasteiger partial charge in [0.1, 0.15) is 5.82 Å². The molecule has 0 aliphatic carbocycles. The Morgan fingerprint density at radius 2 is 1.92 bits per heavy atom. The van der Waals surface area contributed by atoms with Gasteiger partial charge in [-0.25, -0.2) is 9.37 Å². The number of carbonyl (C=O) groups excluding carboxylic acids is 1. The highest BCUT2D eigenvalue weighted by molar-refractivity contribution is 7.14. The number of halogens is 1. The summed E-state index contributed by atoms with van der Waals surface area (Å²) in [6, 6.07) is 11.0. The molecule has 0 spiro atoms. The van der Waals surface area contributed by atoms with Gasteiger partial charge in [-0.1, -0.05) is 0 Å². The van der Waals surface area contributed by atoms with Crippen LogP contribution in [-0.2, 0) is 0 Å². The van der Waals surface area contributed by atoms with Crippen molar-refractivity contribution in [3.05, 3.63) is 59.2 Å². The largest absolute Gasteiger partial charge is 0.454 e. The molecule has 1 amide bonds. The summed E-state index contributed by atoms with van der Waals surface area (Å²) >= 11 is 1.30.